The van der Waals surface area contributed by atoms with Crippen molar-refractivity contribution < 1.29 is 19.5 Å². The number of nitrogens with one attached hydrogen (secondary N) is 1. The van der Waals surface area contributed by atoms with Crippen molar-refractivity contribution in [2.75, 3.05) is 26.8 Å². The topological polar surface area (TPSA) is 43.1 Å². The Balaban J connectivity index is 1.74. The van der Waals surface area contributed by atoms with Gasteiger partial charge < -0.3 is 19.5 Å². The summed E-state index contributed by atoms with van der Waals surface area (Å²) in [7, 11) is 1.64. The quantitative estimate of drug-likeness (QED) is 0.813. The average molecular weight is 280 g/mol. The molecular weight excluding hydrogens is 254 g/mol. The summed E-state index contributed by atoms with van der Waals surface area (Å²) in [5.41, 5.74) is 0. The van der Waals surface area contributed by atoms with Gasteiger partial charge in [-0.25, -0.2) is 0 Å². The Labute approximate surface area is 121 Å². The second kappa shape index (κ2) is 7.50. The van der Waals surface area contributed by atoms with Gasteiger partial charge in [-0.1, -0.05) is 0 Å². The summed E-state index contributed by atoms with van der Waals surface area (Å²) in [6.07, 6.45) is 3.45. The Morgan fingerprint density at radius 3 is 2.60 bits per heavy atom. The van der Waals surface area contributed by atoms with Gasteiger partial charge in [0.25, 0.3) is 0 Å². The number of likely N-dealkylation sites (tertiary alicyclic amines) is 1. The first-order valence-electron chi connectivity index (χ1n) is 7.48. The minimum absolute atomic E-state index is 0.350. The monoisotopic (exact) mass is 280 g/mol. The van der Waals surface area contributed by atoms with E-state index < -0.39 is 6.10 Å². The van der Waals surface area contributed by atoms with Crippen molar-refractivity contribution >= 4 is 0 Å². The van der Waals surface area contributed by atoms with E-state index in [4.69, 9.17) is 9.47 Å². The first kappa shape index (κ1) is 15.1. The van der Waals surface area contributed by atoms with Crippen LogP contribution in [0.3, 0.4) is 0 Å². The number of aliphatic hydroxyl groups is 1. The van der Waals surface area contributed by atoms with Crippen molar-refractivity contribution in [2.45, 2.75) is 38.3 Å². The van der Waals surface area contributed by atoms with Crippen molar-refractivity contribution in [1.29, 1.82) is 0 Å². The summed E-state index contributed by atoms with van der Waals surface area (Å²) in [6, 6.07) is 8.10. The number of hydrogen-bond acceptors (Lipinski definition) is 3. The van der Waals surface area contributed by atoms with Gasteiger partial charge in [-0.2, -0.15) is 0 Å². The summed E-state index contributed by atoms with van der Waals surface area (Å²) >= 11 is 0. The number of hydrogen-bond donors (Lipinski definition) is 2. The van der Waals surface area contributed by atoms with E-state index in [-0.39, 0.29) is 0 Å². The highest BCUT2D eigenvalue weighted by Gasteiger charge is 2.24. The van der Waals surface area contributed by atoms with Gasteiger partial charge in [-0.3, -0.25) is 0 Å². The second-order valence-corrected chi connectivity index (χ2v) is 5.65. The normalized spacial score (nSPS) is 24.1. The molecule has 4 heteroatoms. The van der Waals surface area contributed by atoms with E-state index in [0.717, 1.165) is 18.0 Å². The molecule has 0 aromatic heterocycles. The van der Waals surface area contributed by atoms with E-state index in [1.807, 2.05) is 24.3 Å². The molecule has 3 atom stereocenters. The van der Waals surface area contributed by atoms with E-state index in [0.29, 0.717) is 12.6 Å². The highest BCUT2D eigenvalue weighted by Crippen LogP contribution is 2.17. The molecule has 112 valence electrons. The molecule has 0 aliphatic carbocycles. The molecule has 1 aliphatic rings. The van der Waals surface area contributed by atoms with E-state index in [1.165, 1.54) is 30.7 Å². The Kier molecular flexibility index (Phi) is 5.68. The van der Waals surface area contributed by atoms with E-state index in [9.17, 15) is 5.11 Å². The molecule has 1 saturated heterocycles. The molecule has 1 aliphatic heterocycles. The van der Waals surface area contributed by atoms with Crippen LogP contribution in [-0.2, 0) is 0 Å². The maximum Gasteiger partial charge on any atom is 0.137 e. The van der Waals surface area contributed by atoms with Crippen molar-refractivity contribution in [2.24, 2.45) is 0 Å². The number of quaternary nitrogens is 1. The van der Waals surface area contributed by atoms with E-state index >= 15 is 0 Å². The molecule has 0 saturated carbocycles. The molecule has 1 fully saturated rings. The predicted octanol–water partition coefficient (Wildman–Crippen LogP) is 0.892. The maximum absolute atomic E-state index is 10.1. The molecule has 0 radical (unpaired) electrons. The number of aliphatic hydroxyl groups excluding tert-OH is 1. The lowest BCUT2D eigenvalue weighted by molar-refractivity contribution is -0.931. The van der Waals surface area contributed by atoms with Crippen LogP contribution < -0.4 is 14.4 Å². The Bertz CT molecular complexity index is 393. The van der Waals surface area contributed by atoms with Crippen LogP contribution >= 0.6 is 0 Å². The number of piperidine rings is 1. The molecule has 0 spiro atoms. The summed E-state index contributed by atoms with van der Waals surface area (Å²) in [6.45, 7) is 4.56. The van der Waals surface area contributed by atoms with Crippen molar-refractivity contribution in [3.8, 4) is 11.5 Å². The summed E-state index contributed by atoms with van der Waals surface area (Å²) in [5.74, 6) is 1.58. The molecule has 1 aromatic rings. The van der Waals surface area contributed by atoms with Crippen LogP contribution in [0.1, 0.15) is 26.2 Å². The maximum atomic E-state index is 10.1. The summed E-state index contributed by atoms with van der Waals surface area (Å²) in [5, 5.41) is 10.1. The van der Waals surface area contributed by atoms with Gasteiger partial charge in [-0.15, -0.1) is 0 Å². The van der Waals surface area contributed by atoms with Crippen LogP contribution in [0.15, 0.2) is 24.3 Å². The fourth-order valence-corrected chi connectivity index (χ4v) is 2.78. The summed E-state index contributed by atoms with van der Waals surface area (Å²) in [4.78, 5) is 1.50. The van der Waals surface area contributed by atoms with Crippen LogP contribution in [0, 0.1) is 0 Å². The number of benzene rings is 1. The Morgan fingerprint density at radius 2 is 1.95 bits per heavy atom. The van der Waals surface area contributed by atoms with Crippen molar-refractivity contribution in [3.63, 3.8) is 0 Å². The Hall–Kier alpha value is -1.26. The highest BCUT2D eigenvalue weighted by molar-refractivity contribution is 5.31. The van der Waals surface area contributed by atoms with Gasteiger partial charge in [0.2, 0.25) is 0 Å². The van der Waals surface area contributed by atoms with Gasteiger partial charge >= 0.3 is 0 Å². The molecule has 20 heavy (non-hydrogen) atoms. The number of rotatable bonds is 6. The van der Waals surface area contributed by atoms with Crippen LogP contribution in [-0.4, -0.2) is 44.1 Å². The van der Waals surface area contributed by atoms with Crippen LogP contribution in [0.5, 0.6) is 11.5 Å². The molecule has 2 rings (SSSR count). The van der Waals surface area contributed by atoms with Gasteiger partial charge in [0, 0.05) is 0 Å². The molecule has 2 N–H and O–H groups in total. The third-order valence-electron chi connectivity index (χ3n) is 4.08. The van der Waals surface area contributed by atoms with Crippen molar-refractivity contribution in [3.05, 3.63) is 24.3 Å². The van der Waals surface area contributed by atoms with Gasteiger partial charge in [0.05, 0.1) is 19.7 Å². The molecular formula is C16H26NO3+. The molecule has 1 heterocycles. The zero-order valence-corrected chi connectivity index (χ0v) is 12.5. The first-order valence-corrected chi connectivity index (χ1v) is 7.48. The Morgan fingerprint density at radius 1 is 1.25 bits per heavy atom. The lowest BCUT2D eigenvalue weighted by atomic mass is 10.0. The zero-order chi connectivity index (χ0) is 14.4. The lowest BCUT2D eigenvalue weighted by Crippen LogP contribution is -3.17. The lowest BCUT2D eigenvalue weighted by Gasteiger charge is -2.31. The second-order valence-electron chi connectivity index (χ2n) is 5.65. The fourth-order valence-electron chi connectivity index (χ4n) is 2.78. The number of ether oxygens (including phenoxy) is 2. The number of methoxy groups -OCH3 is 1. The first-order chi connectivity index (χ1) is 9.69. The van der Waals surface area contributed by atoms with Crippen LogP contribution in [0.4, 0.5) is 0 Å². The van der Waals surface area contributed by atoms with E-state index in [2.05, 4.69) is 6.92 Å². The molecule has 1 unspecified atom stereocenters. The fraction of sp³-hybridized carbons (Fsp3) is 0.625. The van der Waals surface area contributed by atoms with Crippen LogP contribution in [0.2, 0.25) is 0 Å². The van der Waals surface area contributed by atoms with Gasteiger partial charge in [0.15, 0.2) is 0 Å². The standard InChI is InChI=1S/C16H25NO3/c1-13-5-3-4-10-17(13)11-14(18)12-20-16-8-6-15(19-2)7-9-16/h6-9,13-14,18H,3-5,10-12H2,1-2H3/p+1/t13-,14-/m0/s1. The van der Waals surface area contributed by atoms with Crippen LogP contribution in [0.25, 0.3) is 0 Å². The van der Waals surface area contributed by atoms with E-state index in [1.54, 1.807) is 7.11 Å². The SMILES string of the molecule is COc1ccc(OC[C@@H](O)C[NH+]2CCCC[C@@H]2C)cc1. The molecule has 0 amide bonds. The van der Waals surface area contributed by atoms with Crippen molar-refractivity contribution in [1.82, 2.24) is 0 Å². The zero-order valence-electron chi connectivity index (χ0n) is 12.5. The highest BCUT2D eigenvalue weighted by atomic mass is 16.5. The predicted molar refractivity (Wildman–Crippen MR) is 78.5 cm³/mol. The third-order valence-corrected chi connectivity index (χ3v) is 4.08. The largest absolute Gasteiger partial charge is 0.497 e. The smallest absolute Gasteiger partial charge is 0.137 e. The van der Waals surface area contributed by atoms with Gasteiger partial charge in [-0.05, 0) is 50.5 Å². The summed E-state index contributed by atoms with van der Waals surface area (Å²) < 4.78 is 10.7. The third kappa shape index (κ3) is 4.39. The molecule has 1 aromatic carbocycles. The average Bonchev–Trinajstić information content (AvgIpc) is 2.48. The molecule has 0 bridgehead atoms. The molecule has 4 nitrogen and oxygen atoms in total. The minimum atomic E-state index is -0.410. The van der Waals surface area contributed by atoms with Gasteiger partial charge in [0.1, 0.15) is 30.8 Å². The minimum Gasteiger partial charge on any atom is -0.497 e.